The molecule has 162 valence electrons. The number of hydrogen-bond acceptors (Lipinski definition) is 4. The van der Waals surface area contributed by atoms with Gasteiger partial charge in [-0.05, 0) is 74.4 Å². The predicted octanol–water partition coefficient (Wildman–Crippen LogP) is 4.66. The van der Waals surface area contributed by atoms with Gasteiger partial charge in [0.2, 0.25) is 15.7 Å². The molecule has 0 saturated heterocycles. The molecule has 1 aromatic heterocycles. The van der Waals surface area contributed by atoms with E-state index in [1.54, 1.807) is 50.2 Å². The van der Waals surface area contributed by atoms with Gasteiger partial charge < -0.3 is 9.88 Å². The van der Waals surface area contributed by atoms with E-state index in [0.717, 1.165) is 14.6 Å². The highest BCUT2D eigenvalue weighted by molar-refractivity contribution is 9.10. The number of hydrogen-bond donors (Lipinski definition) is 1. The van der Waals surface area contributed by atoms with Gasteiger partial charge in [0.05, 0.1) is 4.90 Å². The highest BCUT2D eigenvalue weighted by atomic mass is 79.9. The van der Waals surface area contributed by atoms with Crippen molar-refractivity contribution in [2.24, 2.45) is 0 Å². The number of nitrogens with one attached hydrogen (secondary N) is 1. The molecule has 0 aliphatic heterocycles. The van der Waals surface area contributed by atoms with Gasteiger partial charge in [0, 0.05) is 20.9 Å². The first kappa shape index (κ1) is 23.2. The summed E-state index contributed by atoms with van der Waals surface area (Å²) < 4.78 is 28.2. The Kier molecular flexibility index (Phi) is 6.73. The lowest BCUT2D eigenvalue weighted by Crippen LogP contribution is -2.33. The van der Waals surface area contributed by atoms with Crippen molar-refractivity contribution in [2.75, 3.05) is 5.32 Å². The van der Waals surface area contributed by atoms with Gasteiger partial charge in [-0.25, -0.2) is 8.42 Å². The van der Waals surface area contributed by atoms with Crippen LogP contribution in [0.3, 0.4) is 0 Å². The molecule has 3 aromatic rings. The molecule has 0 aliphatic rings. The maximum Gasteiger partial charge on any atom is 0.270 e. The van der Waals surface area contributed by atoms with Crippen molar-refractivity contribution < 1.29 is 13.2 Å². The summed E-state index contributed by atoms with van der Waals surface area (Å²) in [6, 6.07) is 12.7. The molecule has 0 fully saturated rings. The second-order valence-corrected chi connectivity index (χ2v) is 10.4. The van der Waals surface area contributed by atoms with Gasteiger partial charge in [-0.3, -0.25) is 9.59 Å². The molecular formula is C22H20BrClN2O4S. The molecule has 1 N–H and O–H groups in total. The van der Waals surface area contributed by atoms with Gasteiger partial charge in [-0.2, -0.15) is 0 Å². The number of pyridine rings is 1. The van der Waals surface area contributed by atoms with E-state index in [1.807, 2.05) is 6.92 Å². The average Bonchev–Trinajstić information content (AvgIpc) is 2.68. The van der Waals surface area contributed by atoms with Gasteiger partial charge in [0.25, 0.3) is 5.56 Å². The molecule has 9 heteroatoms. The number of sulfone groups is 1. The van der Waals surface area contributed by atoms with Crippen molar-refractivity contribution >= 4 is 49.0 Å². The van der Waals surface area contributed by atoms with Crippen LogP contribution in [-0.4, -0.2) is 18.9 Å². The van der Waals surface area contributed by atoms with E-state index in [2.05, 4.69) is 21.2 Å². The van der Waals surface area contributed by atoms with E-state index in [1.165, 1.54) is 12.1 Å². The minimum absolute atomic E-state index is 0.00468. The van der Waals surface area contributed by atoms with E-state index >= 15 is 0 Å². The van der Waals surface area contributed by atoms with Crippen LogP contribution >= 0.6 is 27.5 Å². The summed E-state index contributed by atoms with van der Waals surface area (Å²) in [5, 5.41) is 3.19. The molecule has 0 unspecified atom stereocenters. The maximum absolute atomic E-state index is 13.2. The predicted molar refractivity (Wildman–Crippen MR) is 125 cm³/mol. The molecule has 31 heavy (non-hydrogen) atoms. The van der Waals surface area contributed by atoms with Gasteiger partial charge in [-0.15, -0.1) is 0 Å². The van der Waals surface area contributed by atoms with Gasteiger partial charge in [-0.1, -0.05) is 33.6 Å². The lowest BCUT2D eigenvalue weighted by atomic mass is 10.2. The third kappa shape index (κ3) is 4.92. The Bertz CT molecular complexity index is 1330. The van der Waals surface area contributed by atoms with E-state index < -0.39 is 21.3 Å². The van der Waals surface area contributed by atoms with Crippen LogP contribution < -0.4 is 10.9 Å². The van der Waals surface area contributed by atoms with Gasteiger partial charge in [0.1, 0.15) is 11.4 Å². The summed E-state index contributed by atoms with van der Waals surface area (Å²) in [7, 11) is -4.06. The molecule has 0 spiro atoms. The number of nitrogens with zero attached hydrogens (tertiary/aromatic N) is 1. The topological polar surface area (TPSA) is 85.2 Å². The molecule has 0 atom stereocenters. The minimum Gasteiger partial charge on any atom is -0.324 e. The normalized spacial score (nSPS) is 11.4. The number of carbonyl (C=O) groups excluding carboxylic acids is 1. The molecule has 0 bridgehead atoms. The van der Waals surface area contributed by atoms with Crippen molar-refractivity contribution in [1.29, 1.82) is 0 Å². The summed E-state index contributed by atoms with van der Waals surface area (Å²) >= 11 is 9.36. The second-order valence-electron chi connectivity index (χ2n) is 7.16. The third-order valence-corrected chi connectivity index (χ3v) is 7.66. The smallest absolute Gasteiger partial charge is 0.270 e. The van der Waals surface area contributed by atoms with E-state index in [-0.39, 0.29) is 16.3 Å². The van der Waals surface area contributed by atoms with E-state index in [4.69, 9.17) is 11.6 Å². The van der Waals surface area contributed by atoms with Crippen LogP contribution in [0, 0.1) is 20.8 Å². The van der Waals surface area contributed by atoms with Crippen molar-refractivity contribution in [3.8, 4) is 0 Å². The van der Waals surface area contributed by atoms with Crippen LogP contribution in [0.1, 0.15) is 16.8 Å². The molecule has 2 aromatic carbocycles. The Labute approximate surface area is 193 Å². The molecule has 0 aliphatic carbocycles. The lowest BCUT2D eigenvalue weighted by Gasteiger charge is -2.15. The highest BCUT2D eigenvalue weighted by Gasteiger charge is 2.26. The number of aryl methyl sites for hydroxylation is 3. The zero-order chi connectivity index (χ0) is 22.9. The summed E-state index contributed by atoms with van der Waals surface area (Å²) in [5.41, 5.74) is 1.42. The lowest BCUT2D eigenvalue weighted by molar-refractivity contribution is -0.116. The molecule has 3 rings (SSSR count). The quantitative estimate of drug-likeness (QED) is 0.527. The number of benzene rings is 2. The van der Waals surface area contributed by atoms with Crippen LogP contribution in [0.5, 0.6) is 0 Å². The third-order valence-electron chi connectivity index (χ3n) is 4.80. The van der Waals surface area contributed by atoms with Crippen LogP contribution in [-0.2, 0) is 21.2 Å². The minimum atomic E-state index is -4.06. The Morgan fingerprint density at radius 1 is 1.03 bits per heavy atom. The Balaban J connectivity index is 1.98. The number of aromatic nitrogens is 1. The fraction of sp³-hybridized carbons (Fsp3) is 0.182. The molecule has 6 nitrogen and oxygen atoms in total. The summed E-state index contributed by atoms with van der Waals surface area (Å²) in [6.45, 7) is 4.73. The zero-order valence-corrected chi connectivity index (χ0v) is 20.2. The molecule has 0 saturated carbocycles. The number of amides is 1. The standard InChI is InChI=1S/C22H20BrClN2O4S/c1-13-4-7-17(11-19(13)24)25-20(27)12-26-15(3)10-14(2)21(22(26)28)31(29,30)18-8-5-16(23)6-9-18/h4-11H,12H2,1-3H3,(H,25,27). The molecule has 1 heterocycles. The van der Waals surface area contributed by atoms with Crippen LogP contribution in [0.2, 0.25) is 5.02 Å². The Morgan fingerprint density at radius 3 is 2.29 bits per heavy atom. The largest absolute Gasteiger partial charge is 0.324 e. The fourth-order valence-electron chi connectivity index (χ4n) is 3.18. The van der Waals surface area contributed by atoms with Gasteiger partial charge >= 0.3 is 0 Å². The fourth-order valence-corrected chi connectivity index (χ4v) is 5.18. The van der Waals surface area contributed by atoms with E-state index in [0.29, 0.717) is 22.0 Å². The number of anilines is 1. The van der Waals surface area contributed by atoms with Crippen molar-refractivity contribution in [3.05, 3.63) is 85.2 Å². The molecule has 1 amide bonds. The first-order valence-corrected chi connectivity index (χ1v) is 11.9. The second kappa shape index (κ2) is 8.98. The highest BCUT2D eigenvalue weighted by Crippen LogP contribution is 2.24. The SMILES string of the molecule is Cc1ccc(NC(=O)Cn2c(C)cc(C)c(S(=O)(=O)c3ccc(Br)cc3)c2=O)cc1Cl. The van der Waals surface area contributed by atoms with Crippen LogP contribution in [0.25, 0.3) is 0 Å². The van der Waals surface area contributed by atoms with E-state index in [9.17, 15) is 18.0 Å². The summed E-state index contributed by atoms with van der Waals surface area (Å²) in [5.74, 6) is -0.471. The maximum atomic E-state index is 13.2. The number of carbonyl (C=O) groups is 1. The summed E-state index contributed by atoms with van der Waals surface area (Å²) in [6.07, 6.45) is 0. The summed E-state index contributed by atoms with van der Waals surface area (Å²) in [4.78, 5) is 25.4. The van der Waals surface area contributed by atoms with Gasteiger partial charge in [0.15, 0.2) is 0 Å². The zero-order valence-electron chi connectivity index (χ0n) is 17.1. The Hall–Kier alpha value is -2.42. The van der Waals surface area contributed by atoms with Crippen LogP contribution in [0.4, 0.5) is 5.69 Å². The number of halogens is 2. The first-order valence-electron chi connectivity index (χ1n) is 9.28. The van der Waals surface area contributed by atoms with Crippen molar-refractivity contribution in [2.45, 2.75) is 37.1 Å². The monoisotopic (exact) mass is 522 g/mol. The van der Waals surface area contributed by atoms with Crippen molar-refractivity contribution in [3.63, 3.8) is 0 Å². The Morgan fingerprint density at radius 2 is 1.68 bits per heavy atom. The van der Waals surface area contributed by atoms with Crippen LogP contribution in [0.15, 0.2) is 67.6 Å². The molecular weight excluding hydrogens is 504 g/mol. The number of rotatable bonds is 5. The van der Waals surface area contributed by atoms with Crippen molar-refractivity contribution in [1.82, 2.24) is 4.57 Å². The average molecular weight is 524 g/mol. The molecule has 0 radical (unpaired) electrons. The first-order chi connectivity index (χ1) is 14.5.